The number of benzene rings is 1. The van der Waals surface area contributed by atoms with Crippen molar-refractivity contribution in [2.24, 2.45) is 5.92 Å². The number of carbonyl (C=O) groups is 1. The molecule has 1 aromatic carbocycles. The lowest BCUT2D eigenvalue weighted by Gasteiger charge is -2.26. The topological polar surface area (TPSA) is 17.1 Å². The third-order valence-corrected chi connectivity index (χ3v) is 3.60. The van der Waals surface area contributed by atoms with Crippen LogP contribution in [0, 0.1) is 11.7 Å². The molecule has 0 N–H and O–H groups in total. The van der Waals surface area contributed by atoms with Gasteiger partial charge < -0.3 is 4.79 Å². The Morgan fingerprint density at radius 3 is 2.41 bits per heavy atom. The minimum atomic E-state index is -0.220. The van der Waals surface area contributed by atoms with Crippen LogP contribution in [0.4, 0.5) is 4.39 Å². The summed E-state index contributed by atoms with van der Waals surface area (Å²) in [6, 6.07) is 4.86. The average molecular weight is 277 g/mol. The van der Waals surface area contributed by atoms with Gasteiger partial charge in [0, 0.05) is 10.9 Å². The highest BCUT2D eigenvalue weighted by Gasteiger charge is 2.23. The van der Waals surface area contributed by atoms with Gasteiger partial charge in [-0.15, -0.1) is 12.4 Å². The van der Waals surface area contributed by atoms with Gasteiger partial charge in [-0.1, -0.05) is 17.7 Å². The zero-order valence-electron chi connectivity index (χ0n) is 9.36. The Balaban J connectivity index is 0.00000144. The lowest BCUT2D eigenvalue weighted by molar-refractivity contribution is -0.111. The highest BCUT2D eigenvalue weighted by molar-refractivity contribution is 6.30. The second-order valence-corrected chi connectivity index (χ2v) is 4.85. The van der Waals surface area contributed by atoms with Gasteiger partial charge in [0.1, 0.15) is 12.1 Å². The summed E-state index contributed by atoms with van der Waals surface area (Å²) in [6.07, 6.45) is 4.55. The molecule has 0 heterocycles. The number of rotatable bonds is 2. The van der Waals surface area contributed by atoms with E-state index < -0.39 is 0 Å². The average Bonchev–Trinajstić information content (AvgIpc) is 2.29. The van der Waals surface area contributed by atoms with Crippen LogP contribution in [0.3, 0.4) is 0 Å². The molecule has 17 heavy (non-hydrogen) atoms. The van der Waals surface area contributed by atoms with Crippen LogP contribution >= 0.6 is 24.0 Å². The Labute approximate surface area is 112 Å². The van der Waals surface area contributed by atoms with Crippen molar-refractivity contribution in [1.82, 2.24) is 0 Å². The molecule has 0 unspecified atom stereocenters. The van der Waals surface area contributed by atoms with Crippen LogP contribution in [0.25, 0.3) is 0 Å². The molecule has 94 valence electrons. The Morgan fingerprint density at radius 2 is 1.88 bits per heavy atom. The van der Waals surface area contributed by atoms with Gasteiger partial charge in [0.15, 0.2) is 0 Å². The summed E-state index contributed by atoms with van der Waals surface area (Å²) in [4.78, 5) is 10.6. The van der Waals surface area contributed by atoms with E-state index in [9.17, 15) is 9.18 Å². The summed E-state index contributed by atoms with van der Waals surface area (Å²) in [5.74, 6) is 0.196. The molecule has 0 amide bonds. The number of hydrogen-bond donors (Lipinski definition) is 0. The number of halogens is 3. The number of hydrogen-bond acceptors (Lipinski definition) is 1. The molecule has 1 nitrogen and oxygen atoms in total. The van der Waals surface area contributed by atoms with Crippen LogP contribution in [-0.4, -0.2) is 6.29 Å². The van der Waals surface area contributed by atoms with Gasteiger partial charge in [-0.2, -0.15) is 0 Å². The van der Waals surface area contributed by atoms with E-state index in [0.717, 1.165) is 37.5 Å². The SMILES string of the molecule is Cl.O=CC1CCC(c2ccc(Cl)cc2F)CC1. The molecule has 1 saturated carbocycles. The van der Waals surface area contributed by atoms with E-state index in [4.69, 9.17) is 11.6 Å². The van der Waals surface area contributed by atoms with Crippen LogP contribution in [0.1, 0.15) is 37.2 Å². The largest absolute Gasteiger partial charge is 0.303 e. The minimum absolute atomic E-state index is 0. The first kappa shape index (κ1) is 14.5. The van der Waals surface area contributed by atoms with Crippen LogP contribution in [0.2, 0.25) is 5.02 Å². The second kappa shape index (κ2) is 6.36. The van der Waals surface area contributed by atoms with Crippen molar-refractivity contribution in [2.45, 2.75) is 31.6 Å². The molecule has 1 aromatic rings. The predicted octanol–water partition coefficient (Wildman–Crippen LogP) is 4.37. The molecular weight excluding hydrogens is 262 g/mol. The normalized spacial score (nSPS) is 23.9. The zero-order chi connectivity index (χ0) is 11.5. The fourth-order valence-corrected chi connectivity index (χ4v) is 2.56. The molecule has 1 aliphatic carbocycles. The summed E-state index contributed by atoms with van der Waals surface area (Å²) >= 11 is 5.72. The van der Waals surface area contributed by atoms with Crippen LogP contribution in [0.15, 0.2) is 18.2 Å². The molecule has 0 spiro atoms. The predicted molar refractivity (Wildman–Crippen MR) is 69.4 cm³/mol. The Bertz CT molecular complexity index is 387. The number of aldehydes is 1. The van der Waals surface area contributed by atoms with Crippen LogP contribution < -0.4 is 0 Å². The van der Waals surface area contributed by atoms with Crippen LogP contribution in [-0.2, 0) is 4.79 Å². The smallest absolute Gasteiger partial charge is 0.128 e. The first-order valence-corrected chi connectivity index (χ1v) is 5.98. The van der Waals surface area contributed by atoms with Gasteiger partial charge in [-0.3, -0.25) is 0 Å². The van der Waals surface area contributed by atoms with Gasteiger partial charge in [-0.25, -0.2) is 4.39 Å². The summed E-state index contributed by atoms with van der Waals surface area (Å²) in [6.45, 7) is 0. The van der Waals surface area contributed by atoms with Gasteiger partial charge in [0.25, 0.3) is 0 Å². The molecule has 1 fully saturated rings. The first-order valence-electron chi connectivity index (χ1n) is 5.61. The Morgan fingerprint density at radius 1 is 1.24 bits per heavy atom. The van der Waals surface area contributed by atoms with Crippen molar-refractivity contribution >= 4 is 30.3 Å². The lowest BCUT2D eigenvalue weighted by atomic mass is 9.79. The monoisotopic (exact) mass is 276 g/mol. The molecule has 0 aromatic heterocycles. The first-order chi connectivity index (χ1) is 7.70. The molecule has 0 bridgehead atoms. The van der Waals surface area contributed by atoms with E-state index in [1.807, 2.05) is 0 Å². The summed E-state index contributed by atoms with van der Waals surface area (Å²) in [5, 5.41) is 0.433. The molecule has 0 radical (unpaired) electrons. The second-order valence-electron chi connectivity index (χ2n) is 4.41. The molecule has 2 rings (SSSR count). The lowest BCUT2D eigenvalue weighted by Crippen LogP contribution is -2.15. The van der Waals surface area contributed by atoms with Crippen molar-refractivity contribution in [2.75, 3.05) is 0 Å². The maximum Gasteiger partial charge on any atom is 0.128 e. The molecule has 4 heteroatoms. The highest BCUT2D eigenvalue weighted by Crippen LogP contribution is 2.36. The molecule has 1 aliphatic rings. The van der Waals surface area contributed by atoms with Crippen molar-refractivity contribution in [3.63, 3.8) is 0 Å². The standard InChI is InChI=1S/C13H14ClFO.ClH/c14-11-5-6-12(13(15)7-11)10-3-1-9(8-16)2-4-10;/h5-10H,1-4H2;1H. The summed E-state index contributed by atoms with van der Waals surface area (Å²) < 4.78 is 13.7. The van der Waals surface area contributed by atoms with E-state index in [1.165, 1.54) is 6.07 Å². The van der Waals surface area contributed by atoms with E-state index in [2.05, 4.69) is 0 Å². The van der Waals surface area contributed by atoms with Crippen molar-refractivity contribution < 1.29 is 9.18 Å². The Hall–Kier alpha value is -0.600. The fraction of sp³-hybridized carbons (Fsp3) is 0.462. The zero-order valence-corrected chi connectivity index (χ0v) is 10.9. The molecule has 0 atom stereocenters. The van der Waals surface area contributed by atoms with Crippen molar-refractivity contribution in [3.05, 3.63) is 34.6 Å². The number of carbonyl (C=O) groups excluding carboxylic acids is 1. The van der Waals surface area contributed by atoms with Gasteiger partial charge in [0.05, 0.1) is 0 Å². The van der Waals surface area contributed by atoms with E-state index in [1.54, 1.807) is 12.1 Å². The minimum Gasteiger partial charge on any atom is -0.303 e. The Kier molecular flexibility index (Phi) is 5.41. The van der Waals surface area contributed by atoms with Crippen molar-refractivity contribution in [3.8, 4) is 0 Å². The third kappa shape index (κ3) is 3.43. The maximum absolute atomic E-state index is 13.7. The van der Waals surface area contributed by atoms with E-state index >= 15 is 0 Å². The molecule has 0 aliphatic heterocycles. The van der Waals surface area contributed by atoms with E-state index in [0.29, 0.717) is 5.02 Å². The summed E-state index contributed by atoms with van der Waals surface area (Å²) in [7, 11) is 0. The van der Waals surface area contributed by atoms with Gasteiger partial charge in [-0.05, 0) is 49.3 Å². The van der Waals surface area contributed by atoms with Crippen LogP contribution in [0.5, 0.6) is 0 Å². The van der Waals surface area contributed by atoms with Gasteiger partial charge in [0.2, 0.25) is 0 Å². The summed E-state index contributed by atoms with van der Waals surface area (Å²) in [5.41, 5.74) is 0.744. The van der Waals surface area contributed by atoms with Gasteiger partial charge >= 0.3 is 0 Å². The molecular formula is C13H15Cl2FO. The highest BCUT2D eigenvalue weighted by atomic mass is 35.5. The maximum atomic E-state index is 13.7. The fourth-order valence-electron chi connectivity index (χ4n) is 2.40. The van der Waals surface area contributed by atoms with E-state index in [-0.39, 0.29) is 30.1 Å². The quantitative estimate of drug-likeness (QED) is 0.733. The van der Waals surface area contributed by atoms with Crippen molar-refractivity contribution in [1.29, 1.82) is 0 Å². The molecule has 0 saturated heterocycles. The third-order valence-electron chi connectivity index (χ3n) is 3.37.